The zero-order valence-corrected chi connectivity index (χ0v) is 14.0. The van der Waals surface area contributed by atoms with E-state index in [-0.39, 0.29) is 23.1 Å². The third-order valence-corrected chi connectivity index (χ3v) is 5.07. The summed E-state index contributed by atoms with van der Waals surface area (Å²) in [5.41, 5.74) is 0.110. The number of benzene rings is 1. The summed E-state index contributed by atoms with van der Waals surface area (Å²) >= 11 is 1.59. The molecule has 1 saturated heterocycles. The number of carbonyl (C=O) groups excluding carboxylic acids is 1. The number of amides is 1. The van der Waals surface area contributed by atoms with Gasteiger partial charge in [-0.1, -0.05) is 0 Å². The summed E-state index contributed by atoms with van der Waals surface area (Å²) < 4.78 is 5.21. The number of methoxy groups -OCH3 is 1. The standard InChI is InChI=1S/C16H17N3O4S/c1-23-14-5-4-12(19(21)22)9-13(14)16(20)18-7-2-3-11(10-18)15-17-6-8-24-15/h4-6,8-9,11H,2-3,7,10H2,1H3/t11-/m1/s1. The number of non-ortho nitro benzene ring substituents is 1. The highest BCUT2D eigenvalue weighted by Crippen LogP contribution is 2.31. The minimum Gasteiger partial charge on any atom is -0.496 e. The molecule has 1 atom stereocenters. The van der Waals surface area contributed by atoms with E-state index in [4.69, 9.17) is 4.74 Å². The molecule has 126 valence electrons. The maximum Gasteiger partial charge on any atom is 0.270 e. The van der Waals surface area contributed by atoms with Crippen LogP contribution < -0.4 is 4.74 Å². The van der Waals surface area contributed by atoms with Crippen LogP contribution in [-0.4, -0.2) is 40.9 Å². The number of likely N-dealkylation sites (tertiary alicyclic amines) is 1. The number of nitro groups is 1. The lowest BCUT2D eigenvalue weighted by molar-refractivity contribution is -0.384. The second kappa shape index (κ2) is 6.96. The molecule has 1 aromatic carbocycles. The first kappa shape index (κ1) is 16.4. The van der Waals surface area contributed by atoms with Gasteiger partial charge in [0.2, 0.25) is 0 Å². The van der Waals surface area contributed by atoms with Crippen LogP contribution in [0.1, 0.15) is 34.1 Å². The first-order chi connectivity index (χ1) is 11.6. The molecule has 7 nitrogen and oxygen atoms in total. The summed E-state index contributed by atoms with van der Waals surface area (Å²) in [7, 11) is 1.45. The van der Waals surface area contributed by atoms with E-state index < -0.39 is 4.92 Å². The molecule has 8 heteroatoms. The van der Waals surface area contributed by atoms with Crippen LogP contribution in [0.5, 0.6) is 5.75 Å². The number of hydrogen-bond acceptors (Lipinski definition) is 6. The lowest BCUT2D eigenvalue weighted by Gasteiger charge is -2.32. The zero-order chi connectivity index (χ0) is 17.1. The fourth-order valence-corrected chi connectivity index (χ4v) is 3.71. The number of nitrogens with zero attached hydrogens (tertiary/aromatic N) is 3. The van der Waals surface area contributed by atoms with Crippen molar-refractivity contribution in [3.8, 4) is 5.75 Å². The number of ether oxygens (including phenoxy) is 1. The monoisotopic (exact) mass is 347 g/mol. The molecule has 0 saturated carbocycles. The number of hydrogen-bond donors (Lipinski definition) is 0. The van der Waals surface area contributed by atoms with Crippen LogP contribution in [0.2, 0.25) is 0 Å². The van der Waals surface area contributed by atoms with Crippen molar-refractivity contribution < 1.29 is 14.5 Å². The molecule has 3 rings (SSSR count). The molecular weight excluding hydrogens is 330 g/mol. The summed E-state index contributed by atoms with van der Waals surface area (Å²) in [6.45, 7) is 1.20. The number of nitro benzene ring substituents is 1. The van der Waals surface area contributed by atoms with Gasteiger partial charge in [0.25, 0.3) is 11.6 Å². The second-order valence-corrected chi connectivity index (χ2v) is 6.53. The SMILES string of the molecule is COc1ccc([N+](=O)[O-])cc1C(=O)N1CCC[C@@H](c2nccs2)C1. The fourth-order valence-electron chi connectivity index (χ4n) is 2.95. The summed E-state index contributed by atoms with van der Waals surface area (Å²) in [6.07, 6.45) is 3.64. The predicted molar refractivity (Wildman–Crippen MR) is 89.6 cm³/mol. The van der Waals surface area contributed by atoms with Gasteiger partial charge in [-0.25, -0.2) is 4.98 Å². The van der Waals surface area contributed by atoms with Gasteiger partial charge in [0.05, 0.1) is 22.6 Å². The average Bonchev–Trinajstić information content (AvgIpc) is 3.15. The van der Waals surface area contributed by atoms with E-state index in [1.54, 1.807) is 22.4 Å². The fraction of sp³-hybridized carbons (Fsp3) is 0.375. The number of thiazole rings is 1. The Morgan fingerprint density at radius 3 is 3.00 bits per heavy atom. The largest absolute Gasteiger partial charge is 0.496 e. The number of rotatable bonds is 4. The third kappa shape index (κ3) is 3.23. The van der Waals surface area contributed by atoms with Gasteiger partial charge in [-0.2, -0.15) is 0 Å². The van der Waals surface area contributed by atoms with Crippen molar-refractivity contribution in [3.05, 3.63) is 50.5 Å². The Bertz CT molecular complexity index is 748. The number of aromatic nitrogens is 1. The third-order valence-electron chi connectivity index (χ3n) is 4.13. The van der Waals surface area contributed by atoms with Crippen molar-refractivity contribution >= 4 is 22.9 Å². The zero-order valence-electron chi connectivity index (χ0n) is 13.2. The van der Waals surface area contributed by atoms with Crippen LogP contribution in [0.3, 0.4) is 0 Å². The Kier molecular flexibility index (Phi) is 4.75. The lowest BCUT2D eigenvalue weighted by Crippen LogP contribution is -2.39. The minimum absolute atomic E-state index is 0.118. The Morgan fingerprint density at radius 2 is 2.33 bits per heavy atom. The Hall–Kier alpha value is -2.48. The smallest absolute Gasteiger partial charge is 0.270 e. The minimum atomic E-state index is -0.509. The lowest BCUT2D eigenvalue weighted by atomic mass is 9.98. The van der Waals surface area contributed by atoms with Crippen LogP contribution in [0, 0.1) is 10.1 Å². The maximum atomic E-state index is 12.9. The molecule has 0 spiro atoms. The van der Waals surface area contributed by atoms with Crippen molar-refractivity contribution in [2.24, 2.45) is 0 Å². The highest BCUT2D eigenvalue weighted by Gasteiger charge is 2.29. The van der Waals surface area contributed by atoms with Crippen LogP contribution in [-0.2, 0) is 0 Å². The van der Waals surface area contributed by atoms with E-state index >= 15 is 0 Å². The van der Waals surface area contributed by atoms with Crippen molar-refractivity contribution in [1.29, 1.82) is 0 Å². The quantitative estimate of drug-likeness (QED) is 0.627. The molecular formula is C16H17N3O4S. The van der Waals surface area contributed by atoms with E-state index in [2.05, 4.69) is 4.98 Å². The molecule has 1 aliphatic heterocycles. The summed E-state index contributed by atoms with van der Waals surface area (Å²) in [6, 6.07) is 4.09. The molecule has 0 bridgehead atoms. The van der Waals surface area contributed by atoms with Crippen molar-refractivity contribution in [1.82, 2.24) is 9.88 Å². The summed E-state index contributed by atoms with van der Waals surface area (Å²) in [4.78, 5) is 29.4. The molecule has 2 aromatic rings. The second-order valence-electron chi connectivity index (χ2n) is 5.60. The van der Waals surface area contributed by atoms with Crippen LogP contribution in [0.25, 0.3) is 0 Å². The van der Waals surface area contributed by atoms with E-state index in [1.807, 2.05) is 5.38 Å². The molecule has 0 aliphatic carbocycles. The Balaban J connectivity index is 1.85. The van der Waals surface area contributed by atoms with Crippen LogP contribution >= 0.6 is 11.3 Å². The first-order valence-corrected chi connectivity index (χ1v) is 8.49. The van der Waals surface area contributed by atoms with Crippen molar-refractivity contribution in [2.45, 2.75) is 18.8 Å². The van der Waals surface area contributed by atoms with Gasteiger partial charge in [0, 0.05) is 42.7 Å². The number of piperidine rings is 1. The van der Waals surface area contributed by atoms with Gasteiger partial charge >= 0.3 is 0 Å². The van der Waals surface area contributed by atoms with Gasteiger partial charge in [0.15, 0.2) is 0 Å². The van der Waals surface area contributed by atoms with Gasteiger partial charge in [-0.3, -0.25) is 14.9 Å². The summed E-state index contributed by atoms with van der Waals surface area (Å²) in [5.74, 6) is 0.325. The predicted octanol–water partition coefficient (Wildman–Crippen LogP) is 3.08. The molecule has 0 unspecified atom stereocenters. The van der Waals surface area contributed by atoms with Gasteiger partial charge < -0.3 is 9.64 Å². The normalized spacial score (nSPS) is 17.5. The molecule has 1 aliphatic rings. The highest BCUT2D eigenvalue weighted by atomic mass is 32.1. The molecule has 0 radical (unpaired) electrons. The maximum absolute atomic E-state index is 12.9. The van der Waals surface area contributed by atoms with Gasteiger partial charge in [-0.15, -0.1) is 11.3 Å². The highest BCUT2D eigenvalue weighted by molar-refractivity contribution is 7.09. The topological polar surface area (TPSA) is 85.6 Å². The van der Waals surface area contributed by atoms with Gasteiger partial charge in [-0.05, 0) is 18.9 Å². The molecule has 1 fully saturated rings. The molecule has 1 aromatic heterocycles. The Labute approximate surface area is 143 Å². The molecule has 2 heterocycles. The van der Waals surface area contributed by atoms with Crippen LogP contribution in [0.4, 0.5) is 5.69 Å². The molecule has 0 N–H and O–H groups in total. The Morgan fingerprint density at radius 1 is 1.50 bits per heavy atom. The molecule has 1 amide bonds. The summed E-state index contributed by atoms with van der Waals surface area (Å²) in [5, 5.41) is 13.9. The van der Waals surface area contributed by atoms with Gasteiger partial charge in [0.1, 0.15) is 5.75 Å². The number of carbonyl (C=O) groups is 1. The van der Waals surface area contributed by atoms with E-state index in [9.17, 15) is 14.9 Å². The average molecular weight is 347 g/mol. The first-order valence-electron chi connectivity index (χ1n) is 7.61. The van der Waals surface area contributed by atoms with Crippen molar-refractivity contribution in [3.63, 3.8) is 0 Å². The molecule has 24 heavy (non-hydrogen) atoms. The van der Waals surface area contributed by atoms with E-state index in [1.165, 1.54) is 25.3 Å². The van der Waals surface area contributed by atoms with Crippen LogP contribution in [0.15, 0.2) is 29.8 Å². The van der Waals surface area contributed by atoms with E-state index in [0.29, 0.717) is 18.8 Å². The van der Waals surface area contributed by atoms with E-state index in [0.717, 1.165) is 17.8 Å². The van der Waals surface area contributed by atoms with Crippen molar-refractivity contribution in [2.75, 3.05) is 20.2 Å².